The zero-order chi connectivity index (χ0) is 13.9. The quantitative estimate of drug-likeness (QED) is 0.917. The Balaban J connectivity index is 1.68. The van der Waals surface area contributed by atoms with Crippen LogP contribution in [0.2, 0.25) is 5.02 Å². The van der Waals surface area contributed by atoms with Crippen molar-refractivity contribution in [2.45, 2.75) is 0 Å². The molecular weight excluding hydrogens is 274 g/mol. The summed E-state index contributed by atoms with van der Waals surface area (Å²) >= 11 is 5.86. The van der Waals surface area contributed by atoms with Crippen molar-refractivity contribution < 1.29 is 0 Å². The van der Waals surface area contributed by atoms with Crippen LogP contribution in [0.4, 0.5) is 17.3 Å². The largest absolute Gasteiger partial charge is 0.396 e. The molecule has 2 aromatic heterocycles. The van der Waals surface area contributed by atoms with E-state index in [-0.39, 0.29) is 0 Å². The molecule has 1 aliphatic rings. The Morgan fingerprint density at radius 2 is 1.75 bits per heavy atom. The molecule has 0 saturated carbocycles. The number of nitrogens with two attached hydrogens (primary N) is 1. The average Bonchev–Trinajstić information content (AvgIpc) is 2.49. The number of halogens is 1. The third-order valence-corrected chi connectivity index (χ3v) is 3.66. The maximum absolute atomic E-state index is 5.97. The minimum absolute atomic E-state index is 0.661. The Bertz CT molecular complexity index is 578. The molecule has 20 heavy (non-hydrogen) atoms. The van der Waals surface area contributed by atoms with Crippen LogP contribution < -0.4 is 15.5 Å². The van der Waals surface area contributed by atoms with Crippen LogP contribution in [0.1, 0.15) is 0 Å². The highest BCUT2D eigenvalue weighted by Gasteiger charge is 2.20. The van der Waals surface area contributed by atoms with Gasteiger partial charge in [-0.2, -0.15) is 0 Å². The van der Waals surface area contributed by atoms with Gasteiger partial charge in [0.05, 0.1) is 10.7 Å². The highest BCUT2D eigenvalue weighted by Crippen LogP contribution is 2.22. The molecule has 5 nitrogen and oxygen atoms in total. The predicted octanol–water partition coefficient (Wildman–Crippen LogP) is 2.04. The van der Waals surface area contributed by atoms with Gasteiger partial charge in [-0.15, -0.1) is 0 Å². The van der Waals surface area contributed by atoms with Gasteiger partial charge in [-0.05, 0) is 24.3 Å². The summed E-state index contributed by atoms with van der Waals surface area (Å²) in [5.74, 6) is 1.83. The van der Waals surface area contributed by atoms with Gasteiger partial charge < -0.3 is 15.5 Å². The summed E-state index contributed by atoms with van der Waals surface area (Å²) in [7, 11) is 0. The van der Waals surface area contributed by atoms with Gasteiger partial charge in [0.2, 0.25) is 0 Å². The number of rotatable bonds is 2. The molecule has 0 amide bonds. The molecule has 2 N–H and O–H groups in total. The lowest BCUT2D eigenvalue weighted by Crippen LogP contribution is -2.47. The number of nitrogen functional groups attached to an aromatic ring is 1. The molecule has 2 aromatic rings. The Morgan fingerprint density at radius 1 is 1.00 bits per heavy atom. The molecule has 0 bridgehead atoms. The summed E-state index contributed by atoms with van der Waals surface area (Å²) in [4.78, 5) is 13.2. The van der Waals surface area contributed by atoms with Crippen molar-refractivity contribution in [2.75, 3.05) is 41.7 Å². The summed E-state index contributed by atoms with van der Waals surface area (Å²) in [6.07, 6.45) is 3.46. The second kappa shape index (κ2) is 5.54. The van der Waals surface area contributed by atoms with Crippen LogP contribution >= 0.6 is 11.6 Å². The van der Waals surface area contributed by atoms with Crippen molar-refractivity contribution in [3.05, 3.63) is 41.7 Å². The van der Waals surface area contributed by atoms with Crippen LogP contribution in [0.25, 0.3) is 0 Å². The molecular formula is C14H16ClN5. The Kier molecular flexibility index (Phi) is 3.60. The van der Waals surface area contributed by atoms with Gasteiger partial charge in [-0.3, -0.25) is 0 Å². The van der Waals surface area contributed by atoms with Crippen molar-refractivity contribution in [2.24, 2.45) is 0 Å². The number of hydrogen-bond donors (Lipinski definition) is 1. The summed E-state index contributed by atoms with van der Waals surface area (Å²) in [5, 5.41) is 0.661. The van der Waals surface area contributed by atoms with Crippen LogP contribution in [0.5, 0.6) is 0 Å². The second-order valence-corrected chi connectivity index (χ2v) is 5.16. The van der Waals surface area contributed by atoms with E-state index in [1.807, 2.05) is 24.3 Å². The van der Waals surface area contributed by atoms with E-state index in [9.17, 15) is 0 Å². The number of hydrogen-bond acceptors (Lipinski definition) is 5. The first-order chi connectivity index (χ1) is 9.74. The first kappa shape index (κ1) is 13.0. The van der Waals surface area contributed by atoms with Crippen molar-refractivity contribution >= 4 is 28.9 Å². The molecule has 0 aromatic carbocycles. The van der Waals surface area contributed by atoms with E-state index in [4.69, 9.17) is 17.3 Å². The molecule has 6 heteroatoms. The lowest BCUT2D eigenvalue weighted by molar-refractivity contribution is 0.642. The van der Waals surface area contributed by atoms with Crippen LogP contribution in [0.15, 0.2) is 36.7 Å². The lowest BCUT2D eigenvalue weighted by Gasteiger charge is -2.36. The zero-order valence-electron chi connectivity index (χ0n) is 11.0. The van der Waals surface area contributed by atoms with Crippen LogP contribution in [-0.2, 0) is 0 Å². The number of aromatic nitrogens is 2. The summed E-state index contributed by atoms with van der Waals surface area (Å²) in [6.45, 7) is 3.55. The first-order valence-corrected chi connectivity index (χ1v) is 6.94. The number of pyridine rings is 2. The number of piperazine rings is 1. The van der Waals surface area contributed by atoms with E-state index in [1.54, 1.807) is 12.4 Å². The number of nitrogens with zero attached hydrogens (tertiary/aromatic N) is 4. The van der Waals surface area contributed by atoms with Gasteiger partial charge in [0.1, 0.15) is 5.82 Å². The van der Waals surface area contributed by atoms with Crippen LogP contribution in [0.3, 0.4) is 0 Å². The van der Waals surface area contributed by atoms with E-state index in [1.165, 1.54) is 0 Å². The van der Waals surface area contributed by atoms with Gasteiger partial charge in [0.25, 0.3) is 0 Å². The fourth-order valence-electron chi connectivity index (χ4n) is 2.38. The van der Waals surface area contributed by atoms with Gasteiger partial charge in [0, 0.05) is 38.6 Å². The summed E-state index contributed by atoms with van der Waals surface area (Å²) < 4.78 is 0. The topological polar surface area (TPSA) is 58.3 Å². The van der Waals surface area contributed by atoms with Gasteiger partial charge in [0.15, 0.2) is 5.82 Å². The fourth-order valence-corrected chi connectivity index (χ4v) is 2.49. The van der Waals surface area contributed by atoms with E-state index in [0.29, 0.717) is 5.02 Å². The third kappa shape index (κ3) is 2.63. The molecule has 3 heterocycles. The second-order valence-electron chi connectivity index (χ2n) is 4.72. The highest BCUT2D eigenvalue weighted by molar-refractivity contribution is 6.30. The minimum Gasteiger partial charge on any atom is -0.396 e. The van der Waals surface area contributed by atoms with E-state index >= 15 is 0 Å². The van der Waals surface area contributed by atoms with Crippen LogP contribution in [0, 0.1) is 0 Å². The smallest absolute Gasteiger partial charge is 0.151 e. The van der Waals surface area contributed by atoms with Gasteiger partial charge in [-0.25, -0.2) is 9.97 Å². The van der Waals surface area contributed by atoms with E-state index in [2.05, 4.69) is 19.8 Å². The Morgan fingerprint density at radius 3 is 2.40 bits per heavy atom. The molecule has 3 rings (SSSR count). The maximum atomic E-state index is 5.97. The molecule has 0 atom stereocenters. The SMILES string of the molecule is Nc1cccnc1N1CCN(c2ccc(Cl)cn2)CC1. The normalized spacial score (nSPS) is 15.4. The van der Waals surface area contributed by atoms with Crippen LogP contribution in [-0.4, -0.2) is 36.1 Å². The lowest BCUT2D eigenvalue weighted by atomic mass is 10.2. The zero-order valence-corrected chi connectivity index (χ0v) is 11.8. The van der Waals surface area contributed by atoms with Crippen molar-refractivity contribution in [1.29, 1.82) is 0 Å². The highest BCUT2D eigenvalue weighted by atomic mass is 35.5. The fraction of sp³-hybridized carbons (Fsp3) is 0.286. The average molecular weight is 290 g/mol. The monoisotopic (exact) mass is 289 g/mol. The van der Waals surface area contributed by atoms with Gasteiger partial charge in [-0.1, -0.05) is 11.6 Å². The predicted molar refractivity (Wildman–Crippen MR) is 82.3 cm³/mol. The van der Waals surface area contributed by atoms with E-state index in [0.717, 1.165) is 43.5 Å². The molecule has 1 aliphatic heterocycles. The number of anilines is 3. The van der Waals surface area contributed by atoms with Crippen molar-refractivity contribution in [1.82, 2.24) is 9.97 Å². The molecule has 0 radical (unpaired) electrons. The maximum Gasteiger partial charge on any atom is 0.151 e. The molecule has 1 saturated heterocycles. The first-order valence-electron chi connectivity index (χ1n) is 6.56. The van der Waals surface area contributed by atoms with Crippen molar-refractivity contribution in [3.8, 4) is 0 Å². The summed E-state index contributed by atoms with van der Waals surface area (Å²) in [5.41, 5.74) is 6.70. The third-order valence-electron chi connectivity index (χ3n) is 3.43. The molecule has 1 fully saturated rings. The molecule has 0 spiro atoms. The molecule has 0 unspecified atom stereocenters. The molecule has 0 aliphatic carbocycles. The Labute approximate surface area is 123 Å². The minimum atomic E-state index is 0.661. The molecule has 104 valence electrons. The van der Waals surface area contributed by atoms with Gasteiger partial charge >= 0.3 is 0 Å². The standard InChI is InChI=1S/C14H16ClN5/c15-11-3-4-13(18-10-11)19-6-8-20(9-7-19)14-12(16)2-1-5-17-14/h1-5,10H,6-9,16H2. The Hall–Kier alpha value is -2.01. The van der Waals surface area contributed by atoms with E-state index < -0.39 is 0 Å². The van der Waals surface area contributed by atoms with Crippen molar-refractivity contribution in [3.63, 3.8) is 0 Å². The summed E-state index contributed by atoms with van der Waals surface area (Å²) in [6, 6.07) is 7.56.